The zero-order valence-corrected chi connectivity index (χ0v) is 17.0. The van der Waals surface area contributed by atoms with Crippen LogP contribution < -0.4 is 11.1 Å². The Morgan fingerprint density at radius 1 is 1.14 bits per heavy atom. The van der Waals surface area contributed by atoms with Gasteiger partial charge in [-0.1, -0.05) is 18.2 Å². The van der Waals surface area contributed by atoms with E-state index in [0.29, 0.717) is 11.3 Å². The van der Waals surface area contributed by atoms with Crippen LogP contribution in [-0.4, -0.2) is 46.5 Å². The molecule has 3 heterocycles. The Bertz CT molecular complexity index is 924. The van der Waals surface area contributed by atoms with Crippen molar-refractivity contribution in [2.45, 2.75) is 19.4 Å². The molecule has 1 fully saturated rings. The zero-order valence-electron chi connectivity index (χ0n) is 16.1. The van der Waals surface area contributed by atoms with Crippen molar-refractivity contribution >= 4 is 29.3 Å². The molecule has 0 radical (unpaired) electrons. The highest BCUT2D eigenvalue weighted by molar-refractivity contribution is 5.86. The summed E-state index contributed by atoms with van der Waals surface area (Å²) in [6.45, 7) is 4.38. The molecular formula is C21H27ClN6. The molecule has 1 saturated heterocycles. The second kappa shape index (κ2) is 9.28. The highest BCUT2D eigenvalue weighted by Crippen LogP contribution is 2.23. The van der Waals surface area contributed by atoms with Crippen molar-refractivity contribution in [3.63, 3.8) is 0 Å². The van der Waals surface area contributed by atoms with Crippen LogP contribution in [-0.2, 0) is 6.54 Å². The van der Waals surface area contributed by atoms with E-state index in [4.69, 9.17) is 5.73 Å². The molecule has 0 spiro atoms. The molecule has 0 unspecified atom stereocenters. The quantitative estimate of drug-likeness (QED) is 0.687. The van der Waals surface area contributed by atoms with Crippen molar-refractivity contribution < 1.29 is 0 Å². The fraction of sp³-hybridized carbons (Fsp3) is 0.381. The molecule has 1 aliphatic heterocycles. The van der Waals surface area contributed by atoms with Crippen LogP contribution in [0.4, 0.5) is 5.82 Å². The fourth-order valence-corrected chi connectivity index (χ4v) is 3.65. The maximum atomic E-state index is 5.95. The molecule has 6 nitrogen and oxygen atoms in total. The van der Waals surface area contributed by atoms with E-state index < -0.39 is 0 Å². The van der Waals surface area contributed by atoms with Crippen molar-refractivity contribution in [1.82, 2.24) is 25.2 Å². The molecule has 3 N–H and O–H groups in total. The van der Waals surface area contributed by atoms with Gasteiger partial charge in [-0.3, -0.25) is 0 Å². The molecule has 1 aliphatic rings. The minimum Gasteiger partial charge on any atom is -0.382 e. The highest BCUT2D eigenvalue weighted by atomic mass is 35.5. The molecule has 1 aromatic carbocycles. The van der Waals surface area contributed by atoms with Crippen LogP contribution in [0.5, 0.6) is 0 Å². The van der Waals surface area contributed by atoms with Crippen molar-refractivity contribution in [2.24, 2.45) is 5.92 Å². The first-order valence-electron chi connectivity index (χ1n) is 9.55. The first-order chi connectivity index (χ1) is 13.2. The monoisotopic (exact) mass is 398 g/mol. The van der Waals surface area contributed by atoms with Crippen molar-refractivity contribution in [3.05, 3.63) is 48.3 Å². The average Bonchev–Trinajstić information content (AvgIpc) is 2.70. The van der Waals surface area contributed by atoms with Crippen LogP contribution in [0.1, 0.15) is 18.4 Å². The first kappa shape index (κ1) is 20.5. The summed E-state index contributed by atoms with van der Waals surface area (Å²) in [5.74, 6) is 1.20. The Kier molecular flexibility index (Phi) is 6.78. The minimum absolute atomic E-state index is 0. The lowest BCUT2D eigenvalue weighted by Crippen LogP contribution is -2.34. The van der Waals surface area contributed by atoms with Gasteiger partial charge in [-0.15, -0.1) is 12.4 Å². The van der Waals surface area contributed by atoms with E-state index in [1.165, 1.54) is 37.8 Å². The summed E-state index contributed by atoms with van der Waals surface area (Å²) in [7, 11) is 2.20. The van der Waals surface area contributed by atoms with Gasteiger partial charge in [0.2, 0.25) is 0 Å². The number of nitrogens with two attached hydrogens (primary N) is 1. The van der Waals surface area contributed by atoms with Crippen molar-refractivity contribution in [1.29, 1.82) is 0 Å². The van der Waals surface area contributed by atoms with Gasteiger partial charge in [0, 0.05) is 12.1 Å². The molecule has 2 aromatic heterocycles. The third kappa shape index (κ3) is 4.76. The Morgan fingerprint density at radius 3 is 2.79 bits per heavy atom. The van der Waals surface area contributed by atoms with Crippen LogP contribution in [0.15, 0.2) is 42.7 Å². The average molecular weight is 399 g/mol. The summed E-state index contributed by atoms with van der Waals surface area (Å²) in [6, 6.07) is 12.4. The predicted molar refractivity (Wildman–Crippen MR) is 116 cm³/mol. The predicted octanol–water partition coefficient (Wildman–Crippen LogP) is 3.13. The van der Waals surface area contributed by atoms with E-state index >= 15 is 0 Å². The van der Waals surface area contributed by atoms with Crippen LogP contribution in [0.3, 0.4) is 0 Å². The van der Waals surface area contributed by atoms with E-state index in [0.717, 1.165) is 35.8 Å². The largest absolute Gasteiger partial charge is 0.382 e. The lowest BCUT2D eigenvalue weighted by molar-refractivity contribution is 0.216. The normalized spacial score (nSPS) is 15.5. The molecule has 0 aliphatic carbocycles. The molecule has 0 bridgehead atoms. The van der Waals surface area contributed by atoms with Gasteiger partial charge >= 0.3 is 0 Å². The summed E-state index contributed by atoms with van der Waals surface area (Å²) in [5.41, 5.74) is 10.6. The first-order valence-corrected chi connectivity index (χ1v) is 9.55. The Labute approximate surface area is 172 Å². The van der Waals surface area contributed by atoms with E-state index in [9.17, 15) is 0 Å². The number of pyridine rings is 1. The maximum Gasteiger partial charge on any atom is 0.153 e. The van der Waals surface area contributed by atoms with Gasteiger partial charge in [-0.05, 0) is 69.2 Å². The Balaban J connectivity index is 0.00000225. The van der Waals surface area contributed by atoms with E-state index in [1.807, 2.05) is 12.1 Å². The summed E-state index contributed by atoms with van der Waals surface area (Å²) in [6.07, 6.45) is 4.04. The fourth-order valence-electron chi connectivity index (χ4n) is 3.65. The molecule has 0 atom stereocenters. The van der Waals surface area contributed by atoms with Gasteiger partial charge in [-0.25, -0.2) is 15.0 Å². The van der Waals surface area contributed by atoms with Crippen molar-refractivity contribution in [3.8, 4) is 11.3 Å². The van der Waals surface area contributed by atoms with Gasteiger partial charge in [0.25, 0.3) is 0 Å². The third-order valence-corrected chi connectivity index (χ3v) is 5.33. The molecule has 4 rings (SSSR count). The van der Waals surface area contributed by atoms with Gasteiger partial charge < -0.3 is 16.0 Å². The highest BCUT2D eigenvalue weighted by Gasteiger charge is 2.16. The summed E-state index contributed by atoms with van der Waals surface area (Å²) >= 11 is 0. The number of nitrogen functional groups attached to an aromatic ring is 1. The SMILES string of the molecule is CN1CCC(CNCc2cccc(-c3ccc4ncnc(N)c4n3)c2)CC1.Cl. The number of halogens is 1. The van der Waals surface area contributed by atoms with Crippen molar-refractivity contribution in [2.75, 3.05) is 32.4 Å². The number of aromatic nitrogens is 3. The van der Waals surface area contributed by atoms with Crippen LogP contribution >= 0.6 is 12.4 Å². The number of hydrogen-bond donors (Lipinski definition) is 2. The molecule has 148 valence electrons. The molecule has 0 saturated carbocycles. The van der Waals surface area contributed by atoms with Gasteiger partial charge in [0.1, 0.15) is 11.8 Å². The number of hydrogen-bond acceptors (Lipinski definition) is 6. The number of rotatable bonds is 5. The molecule has 28 heavy (non-hydrogen) atoms. The smallest absolute Gasteiger partial charge is 0.153 e. The molecule has 3 aromatic rings. The second-order valence-corrected chi connectivity index (χ2v) is 7.40. The van der Waals surface area contributed by atoms with Crippen LogP contribution in [0.2, 0.25) is 0 Å². The summed E-state index contributed by atoms with van der Waals surface area (Å²) in [4.78, 5) is 15.3. The molecule has 0 amide bonds. The van der Waals surface area contributed by atoms with Crippen LogP contribution in [0.25, 0.3) is 22.3 Å². The van der Waals surface area contributed by atoms with Gasteiger partial charge in [0.05, 0.1) is 11.2 Å². The topological polar surface area (TPSA) is 80.0 Å². The van der Waals surface area contributed by atoms with E-state index in [-0.39, 0.29) is 12.4 Å². The zero-order chi connectivity index (χ0) is 18.6. The lowest BCUT2D eigenvalue weighted by atomic mass is 9.97. The van der Waals surface area contributed by atoms with E-state index in [1.54, 1.807) is 0 Å². The van der Waals surface area contributed by atoms with Crippen LogP contribution in [0, 0.1) is 5.92 Å². The summed E-state index contributed by atoms with van der Waals surface area (Å²) in [5, 5.41) is 3.62. The number of piperidine rings is 1. The van der Waals surface area contributed by atoms with E-state index in [2.05, 4.69) is 56.5 Å². The number of anilines is 1. The Morgan fingerprint density at radius 2 is 1.96 bits per heavy atom. The van der Waals surface area contributed by atoms with Gasteiger partial charge in [0.15, 0.2) is 5.82 Å². The number of benzene rings is 1. The maximum absolute atomic E-state index is 5.95. The third-order valence-electron chi connectivity index (χ3n) is 5.33. The number of nitrogens with zero attached hydrogens (tertiary/aromatic N) is 4. The molecular weight excluding hydrogens is 372 g/mol. The number of nitrogens with one attached hydrogen (secondary N) is 1. The Hall–Kier alpha value is -2.28. The minimum atomic E-state index is 0. The number of likely N-dealkylation sites (tertiary alicyclic amines) is 1. The summed E-state index contributed by atoms with van der Waals surface area (Å²) < 4.78 is 0. The second-order valence-electron chi connectivity index (χ2n) is 7.40. The standard InChI is InChI=1S/C21H26N6.ClH/c1-27-9-7-15(8-10-27)12-23-13-16-3-2-4-17(11-16)18-5-6-19-20(26-18)21(22)25-14-24-19;/h2-6,11,14-15,23H,7-10,12-13H2,1H3,(H2,22,24,25);1H. The van der Waals surface area contributed by atoms with Gasteiger partial charge in [-0.2, -0.15) is 0 Å². The lowest BCUT2D eigenvalue weighted by Gasteiger charge is -2.29. The molecule has 7 heteroatoms. The number of fused-ring (bicyclic) bond motifs is 1.